The molecular weight excluding hydrogens is 218 g/mol. The van der Waals surface area contributed by atoms with E-state index in [0.29, 0.717) is 5.76 Å². The van der Waals surface area contributed by atoms with Crippen molar-refractivity contribution < 1.29 is 14.3 Å². The summed E-state index contributed by atoms with van der Waals surface area (Å²) in [5.74, 6) is 1.10. The van der Waals surface area contributed by atoms with Crippen molar-refractivity contribution in [2.75, 3.05) is 6.54 Å². The van der Waals surface area contributed by atoms with Gasteiger partial charge in [-0.3, -0.25) is 4.79 Å². The van der Waals surface area contributed by atoms with Crippen LogP contribution in [0.3, 0.4) is 0 Å². The summed E-state index contributed by atoms with van der Waals surface area (Å²) in [6.45, 7) is 9.05. The molecule has 17 heavy (non-hydrogen) atoms. The summed E-state index contributed by atoms with van der Waals surface area (Å²) in [6.07, 6.45) is 0. The Morgan fingerprint density at radius 2 is 1.94 bits per heavy atom. The average Bonchev–Trinajstić information content (AvgIpc) is 2.60. The Balaban J connectivity index is 2.65. The van der Waals surface area contributed by atoms with Gasteiger partial charge in [0, 0.05) is 5.41 Å². The Hall–Kier alpha value is -1.29. The third-order valence-electron chi connectivity index (χ3n) is 2.55. The van der Waals surface area contributed by atoms with Crippen LogP contribution in [0.25, 0.3) is 0 Å². The van der Waals surface area contributed by atoms with E-state index in [1.54, 1.807) is 19.1 Å². The molecule has 1 heterocycles. The molecular formula is C13H21NO3. The van der Waals surface area contributed by atoms with E-state index in [2.05, 4.69) is 5.32 Å². The maximum Gasteiger partial charge on any atom is 0.225 e. The van der Waals surface area contributed by atoms with Gasteiger partial charge in [0.05, 0.1) is 6.54 Å². The molecule has 1 rings (SSSR count). The smallest absolute Gasteiger partial charge is 0.225 e. The zero-order valence-corrected chi connectivity index (χ0v) is 11.1. The van der Waals surface area contributed by atoms with Crippen molar-refractivity contribution >= 4 is 5.91 Å². The van der Waals surface area contributed by atoms with Crippen molar-refractivity contribution in [1.82, 2.24) is 5.32 Å². The lowest BCUT2D eigenvalue weighted by atomic mass is 9.95. The molecule has 4 nitrogen and oxygen atoms in total. The van der Waals surface area contributed by atoms with Gasteiger partial charge in [-0.15, -0.1) is 0 Å². The number of aliphatic hydroxyl groups is 1. The first-order valence-electron chi connectivity index (χ1n) is 5.70. The number of nitrogens with one attached hydrogen (secondary N) is 1. The number of amides is 1. The van der Waals surface area contributed by atoms with Gasteiger partial charge in [-0.2, -0.15) is 0 Å². The number of carbonyl (C=O) groups excluding carboxylic acids is 1. The largest absolute Gasteiger partial charge is 0.463 e. The first-order chi connectivity index (χ1) is 7.63. The lowest BCUT2D eigenvalue weighted by Gasteiger charge is -2.24. The predicted molar refractivity (Wildman–Crippen MR) is 65.5 cm³/mol. The fourth-order valence-corrected chi connectivity index (χ4v) is 1.33. The van der Waals surface area contributed by atoms with Crippen LogP contribution < -0.4 is 5.32 Å². The van der Waals surface area contributed by atoms with Gasteiger partial charge in [-0.25, -0.2) is 0 Å². The van der Waals surface area contributed by atoms with Gasteiger partial charge >= 0.3 is 0 Å². The zero-order valence-electron chi connectivity index (χ0n) is 11.1. The van der Waals surface area contributed by atoms with Gasteiger partial charge in [0.25, 0.3) is 0 Å². The third-order valence-corrected chi connectivity index (χ3v) is 2.55. The van der Waals surface area contributed by atoms with Crippen LogP contribution in [0.15, 0.2) is 16.5 Å². The van der Waals surface area contributed by atoms with Crippen molar-refractivity contribution in [2.24, 2.45) is 5.41 Å². The molecule has 0 saturated heterocycles. The van der Waals surface area contributed by atoms with E-state index >= 15 is 0 Å². The minimum absolute atomic E-state index is 0.0962. The quantitative estimate of drug-likeness (QED) is 0.847. The topological polar surface area (TPSA) is 62.5 Å². The number of carbonyl (C=O) groups is 1. The van der Waals surface area contributed by atoms with Gasteiger partial charge in [0.15, 0.2) is 0 Å². The molecule has 0 aliphatic heterocycles. The lowest BCUT2D eigenvalue weighted by Crippen LogP contribution is -2.43. The highest BCUT2D eigenvalue weighted by Gasteiger charge is 2.29. The minimum atomic E-state index is -1.19. The number of aryl methyl sites for hydroxylation is 1. The van der Waals surface area contributed by atoms with Gasteiger partial charge in [-0.05, 0) is 26.0 Å². The summed E-state index contributed by atoms with van der Waals surface area (Å²) < 4.78 is 5.36. The fourth-order valence-electron chi connectivity index (χ4n) is 1.33. The second-order valence-corrected chi connectivity index (χ2v) is 5.62. The molecule has 0 saturated carbocycles. The first-order valence-corrected chi connectivity index (χ1v) is 5.70. The number of hydrogen-bond acceptors (Lipinski definition) is 3. The zero-order chi connectivity index (χ0) is 13.3. The molecule has 96 valence electrons. The first kappa shape index (κ1) is 13.8. The summed E-state index contributed by atoms with van der Waals surface area (Å²) >= 11 is 0. The van der Waals surface area contributed by atoms with E-state index in [0.717, 1.165) is 5.76 Å². The number of furan rings is 1. The van der Waals surface area contributed by atoms with Gasteiger partial charge in [-0.1, -0.05) is 20.8 Å². The van der Waals surface area contributed by atoms with E-state index < -0.39 is 11.0 Å². The molecule has 0 fully saturated rings. The van der Waals surface area contributed by atoms with Crippen LogP contribution in [0.1, 0.15) is 39.2 Å². The minimum Gasteiger partial charge on any atom is -0.463 e. The molecule has 1 aromatic heterocycles. The molecule has 1 unspecified atom stereocenters. The second-order valence-electron chi connectivity index (χ2n) is 5.62. The summed E-state index contributed by atoms with van der Waals surface area (Å²) in [5.41, 5.74) is -1.65. The SMILES string of the molecule is Cc1ccc(C(C)(O)CNC(=O)C(C)(C)C)o1. The fraction of sp³-hybridized carbons (Fsp3) is 0.615. The highest BCUT2D eigenvalue weighted by Crippen LogP contribution is 2.22. The van der Waals surface area contributed by atoms with Crippen LogP contribution >= 0.6 is 0 Å². The van der Waals surface area contributed by atoms with E-state index in [1.807, 2.05) is 27.7 Å². The third kappa shape index (κ3) is 3.60. The highest BCUT2D eigenvalue weighted by atomic mass is 16.4. The molecule has 0 spiro atoms. The van der Waals surface area contributed by atoms with Gasteiger partial charge in [0.2, 0.25) is 5.91 Å². The second kappa shape index (κ2) is 4.53. The highest BCUT2D eigenvalue weighted by molar-refractivity contribution is 5.81. The van der Waals surface area contributed by atoms with Crippen molar-refractivity contribution in [2.45, 2.75) is 40.2 Å². The van der Waals surface area contributed by atoms with Crippen LogP contribution in [0.2, 0.25) is 0 Å². The van der Waals surface area contributed by atoms with E-state index in [-0.39, 0.29) is 12.5 Å². The van der Waals surface area contributed by atoms with E-state index in [9.17, 15) is 9.90 Å². The maximum absolute atomic E-state index is 11.7. The lowest BCUT2D eigenvalue weighted by molar-refractivity contribution is -0.129. The van der Waals surface area contributed by atoms with Crippen LogP contribution in [-0.2, 0) is 10.4 Å². The molecule has 1 amide bonds. The van der Waals surface area contributed by atoms with E-state index in [1.165, 1.54) is 0 Å². The Morgan fingerprint density at radius 1 is 1.35 bits per heavy atom. The van der Waals surface area contributed by atoms with Crippen LogP contribution in [0.5, 0.6) is 0 Å². The number of hydrogen-bond donors (Lipinski definition) is 2. The van der Waals surface area contributed by atoms with Crippen molar-refractivity contribution in [3.8, 4) is 0 Å². The van der Waals surface area contributed by atoms with E-state index in [4.69, 9.17) is 4.42 Å². The molecule has 1 aromatic rings. The normalized spacial score (nSPS) is 15.4. The van der Waals surface area contributed by atoms with Crippen LogP contribution in [-0.4, -0.2) is 17.6 Å². The Bertz CT molecular complexity index is 399. The van der Waals surface area contributed by atoms with Crippen molar-refractivity contribution in [1.29, 1.82) is 0 Å². The predicted octanol–water partition coefficient (Wildman–Crippen LogP) is 1.96. The molecule has 0 aliphatic carbocycles. The maximum atomic E-state index is 11.7. The van der Waals surface area contributed by atoms with Gasteiger partial charge in [0.1, 0.15) is 17.1 Å². The Morgan fingerprint density at radius 3 is 2.35 bits per heavy atom. The molecule has 0 radical (unpaired) electrons. The molecule has 0 aliphatic rings. The summed E-state index contributed by atoms with van der Waals surface area (Å²) in [5, 5.41) is 12.9. The van der Waals surface area contributed by atoms with Crippen LogP contribution in [0.4, 0.5) is 0 Å². The van der Waals surface area contributed by atoms with Crippen LogP contribution in [0, 0.1) is 12.3 Å². The molecule has 0 bridgehead atoms. The monoisotopic (exact) mass is 239 g/mol. The molecule has 2 N–H and O–H groups in total. The van der Waals surface area contributed by atoms with Crippen molar-refractivity contribution in [3.63, 3.8) is 0 Å². The Kier molecular flexibility index (Phi) is 3.67. The van der Waals surface area contributed by atoms with Crippen molar-refractivity contribution in [3.05, 3.63) is 23.7 Å². The summed E-state index contributed by atoms with van der Waals surface area (Å²) in [6, 6.07) is 3.51. The average molecular weight is 239 g/mol. The molecule has 0 aromatic carbocycles. The molecule has 1 atom stereocenters. The Labute approximate surface area is 102 Å². The summed E-state index contributed by atoms with van der Waals surface area (Å²) in [4.78, 5) is 11.7. The number of rotatable bonds is 3. The molecule has 4 heteroatoms. The standard InChI is InChI=1S/C13H21NO3/c1-9-6-7-10(17-9)13(5,16)8-14-11(15)12(2,3)4/h6-7,16H,8H2,1-5H3,(H,14,15). The summed E-state index contributed by atoms with van der Waals surface area (Å²) in [7, 11) is 0. The van der Waals surface area contributed by atoms with Gasteiger partial charge < -0.3 is 14.8 Å².